The van der Waals surface area contributed by atoms with Gasteiger partial charge >= 0.3 is 16.3 Å². The van der Waals surface area contributed by atoms with Crippen LogP contribution in [0.1, 0.15) is 21.5 Å². The average molecular weight is 511 g/mol. The number of methoxy groups -OCH3 is 1. The van der Waals surface area contributed by atoms with Crippen molar-refractivity contribution < 1.29 is 39.7 Å². The van der Waals surface area contributed by atoms with E-state index in [2.05, 4.69) is 0 Å². The lowest BCUT2D eigenvalue weighted by Crippen LogP contribution is -2.33. The number of amides is 1. The molecule has 6 nitrogen and oxygen atoms in total. The van der Waals surface area contributed by atoms with Crippen LogP contribution in [0.2, 0.25) is 0 Å². The average Bonchev–Trinajstić information content (AvgIpc) is 2.82. The highest BCUT2D eigenvalue weighted by Crippen LogP contribution is 2.29. The second kappa shape index (κ2) is 10.9. The number of rotatable bonds is 9. The molecule has 0 bridgehead atoms. The number of carbonyl (C=O) groups is 1. The molecule has 3 rings (SSSR count). The van der Waals surface area contributed by atoms with Gasteiger partial charge in [0.2, 0.25) is 0 Å². The third-order valence-electron chi connectivity index (χ3n) is 4.92. The zero-order valence-electron chi connectivity index (χ0n) is 18.5. The molecule has 0 radical (unpaired) electrons. The summed E-state index contributed by atoms with van der Waals surface area (Å²) in [6.45, 7) is 0.464. The molecule has 3 aromatic rings. The van der Waals surface area contributed by atoms with Crippen molar-refractivity contribution >= 4 is 16.0 Å². The number of hydrogen-bond donors (Lipinski definition) is 0. The van der Waals surface area contributed by atoms with Crippen LogP contribution in [0.3, 0.4) is 0 Å². The maximum absolute atomic E-state index is 13.0. The van der Waals surface area contributed by atoms with Gasteiger partial charge in [-0.3, -0.25) is 4.79 Å². The third kappa shape index (κ3) is 7.03. The lowest BCUT2D eigenvalue weighted by Gasteiger charge is -2.23. The Morgan fingerprint density at radius 2 is 1.51 bits per heavy atom. The van der Waals surface area contributed by atoms with Crippen molar-refractivity contribution in [1.29, 1.82) is 0 Å². The van der Waals surface area contributed by atoms with Gasteiger partial charge in [0.1, 0.15) is 16.5 Å². The molecule has 186 valence electrons. The fraction of sp³-hybridized carbons (Fsp3) is 0.208. The SMILES string of the molecule is COCCN(Cc1ccc(OS(=O)(=O)c2ccc(F)cc2)cc1)C(=O)c1ccc(C(F)(F)F)cc1. The number of hydrogen-bond acceptors (Lipinski definition) is 5. The monoisotopic (exact) mass is 511 g/mol. The molecule has 0 aromatic heterocycles. The molecule has 35 heavy (non-hydrogen) atoms. The summed E-state index contributed by atoms with van der Waals surface area (Å²) in [5.74, 6) is -1.07. The smallest absolute Gasteiger partial charge is 0.383 e. The highest BCUT2D eigenvalue weighted by Gasteiger charge is 2.30. The molecule has 0 saturated carbocycles. The van der Waals surface area contributed by atoms with Gasteiger partial charge in [0.25, 0.3) is 5.91 Å². The molecule has 1 amide bonds. The van der Waals surface area contributed by atoms with Gasteiger partial charge < -0.3 is 13.8 Å². The van der Waals surface area contributed by atoms with E-state index in [4.69, 9.17) is 8.92 Å². The number of ether oxygens (including phenoxy) is 1. The van der Waals surface area contributed by atoms with Crippen molar-refractivity contribution in [2.75, 3.05) is 20.3 Å². The van der Waals surface area contributed by atoms with E-state index in [-0.39, 0.29) is 35.9 Å². The van der Waals surface area contributed by atoms with Crippen molar-refractivity contribution in [3.05, 3.63) is 95.3 Å². The van der Waals surface area contributed by atoms with Crippen LogP contribution < -0.4 is 4.18 Å². The first-order chi connectivity index (χ1) is 16.5. The van der Waals surface area contributed by atoms with E-state index in [0.29, 0.717) is 5.56 Å². The Labute approximate surface area is 199 Å². The number of benzene rings is 3. The van der Waals surface area contributed by atoms with Crippen LogP contribution in [0, 0.1) is 5.82 Å². The van der Waals surface area contributed by atoms with Crippen LogP contribution in [0.4, 0.5) is 17.6 Å². The van der Waals surface area contributed by atoms with Gasteiger partial charge in [-0.25, -0.2) is 4.39 Å². The minimum atomic E-state index is -4.51. The summed E-state index contributed by atoms with van der Waals surface area (Å²) in [5, 5.41) is 0. The molecule has 0 aliphatic carbocycles. The number of alkyl halides is 3. The van der Waals surface area contributed by atoms with Gasteiger partial charge in [-0.05, 0) is 66.2 Å². The van der Waals surface area contributed by atoms with E-state index in [0.717, 1.165) is 48.5 Å². The number of halogens is 4. The van der Waals surface area contributed by atoms with Crippen molar-refractivity contribution in [3.63, 3.8) is 0 Å². The van der Waals surface area contributed by atoms with Crippen molar-refractivity contribution in [2.45, 2.75) is 17.6 Å². The van der Waals surface area contributed by atoms with E-state index in [1.54, 1.807) is 12.1 Å². The zero-order valence-corrected chi connectivity index (χ0v) is 19.3. The Bertz CT molecular complexity index is 1240. The van der Waals surface area contributed by atoms with Crippen molar-refractivity contribution in [1.82, 2.24) is 4.90 Å². The molecule has 0 spiro atoms. The summed E-state index contributed by atoms with van der Waals surface area (Å²) in [5.41, 5.74) is -0.156. The van der Waals surface area contributed by atoms with E-state index in [1.165, 1.54) is 24.1 Å². The van der Waals surface area contributed by atoms with Crippen LogP contribution in [-0.4, -0.2) is 39.5 Å². The molecule has 0 unspecified atom stereocenters. The molecule has 0 atom stereocenters. The van der Waals surface area contributed by atoms with Crippen LogP contribution in [0.15, 0.2) is 77.7 Å². The fourth-order valence-electron chi connectivity index (χ4n) is 3.09. The molecule has 0 aliphatic rings. The van der Waals surface area contributed by atoms with E-state index in [9.17, 15) is 30.8 Å². The minimum Gasteiger partial charge on any atom is -0.383 e. The zero-order chi connectivity index (χ0) is 25.6. The van der Waals surface area contributed by atoms with E-state index >= 15 is 0 Å². The molecule has 0 heterocycles. The molecular weight excluding hydrogens is 490 g/mol. The second-order valence-electron chi connectivity index (χ2n) is 7.43. The molecule has 0 aliphatic heterocycles. The summed E-state index contributed by atoms with van der Waals surface area (Å²) in [6, 6.07) is 14.0. The van der Waals surface area contributed by atoms with Crippen molar-refractivity contribution in [2.24, 2.45) is 0 Å². The van der Waals surface area contributed by atoms with E-state index < -0.39 is 33.6 Å². The lowest BCUT2D eigenvalue weighted by molar-refractivity contribution is -0.137. The second-order valence-corrected chi connectivity index (χ2v) is 8.98. The summed E-state index contributed by atoms with van der Waals surface area (Å²) >= 11 is 0. The summed E-state index contributed by atoms with van der Waals surface area (Å²) in [4.78, 5) is 14.1. The van der Waals surface area contributed by atoms with Gasteiger partial charge in [-0.1, -0.05) is 12.1 Å². The number of nitrogens with zero attached hydrogens (tertiary/aromatic N) is 1. The van der Waals surface area contributed by atoms with Gasteiger partial charge in [-0.15, -0.1) is 0 Å². The first-order valence-electron chi connectivity index (χ1n) is 10.2. The molecule has 0 fully saturated rings. The Morgan fingerprint density at radius 1 is 0.914 bits per heavy atom. The largest absolute Gasteiger partial charge is 0.416 e. The minimum absolute atomic E-state index is 0.00980. The summed E-state index contributed by atoms with van der Waals surface area (Å²) in [7, 11) is -2.72. The van der Waals surface area contributed by atoms with Gasteiger partial charge in [-0.2, -0.15) is 21.6 Å². The maximum atomic E-state index is 13.0. The normalized spacial score (nSPS) is 11.8. The highest BCUT2D eigenvalue weighted by molar-refractivity contribution is 7.87. The molecule has 3 aromatic carbocycles. The Balaban J connectivity index is 1.73. The van der Waals surface area contributed by atoms with Gasteiger partial charge in [0.15, 0.2) is 0 Å². The van der Waals surface area contributed by atoms with Crippen LogP contribution in [0.25, 0.3) is 0 Å². The van der Waals surface area contributed by atoms with Gasteiger partial charge in [0, 0.05) is 25.8 Å². The third-order valence-corrected chi connectivity index (χ3v) is 6.18. The lowest BCUT2D eigenvalue weighted by atomic mass is 10.1. The Morgan fingerprint density at radius 3 is 2.06 bits per heavy atom. The Hall–Kier alpha value is -3.44. The first kappa shape index (κ1) is 26.2. The predicted octanol–water partition coefficient (Wildman–Crippen LogP) is 4.90. The van der Waals surface area contributed by atoms with Crippen LogP contribution >= 0.6 is 0 Å². The van der Waals surface area contributed by atoms with E-state index in [1.807, 2.05) is 0 Å². The standard InChI is InChI=1S/C24H21F4NO5S/c1-33-15-14-29(23(30)18-4-6-19(7-5-18)24(26,27)28)16-17-2-10-21(11-3-17)34-35(31,32)22-12-8-20(25)9-13-22/h2-13H,14-16H2,1H3. The summed E-state index contributed by atoms with van der Waals surface area (Å²) in [6.07, 6.45) is -4.51. The number of carbonyl (C=O) groups excluding carboxylic acids is 1. The molecule has 0 saturated heterocycles. The fourth-order valence-corrected chi connectivity index (χ4v) is 4.02. The molecule has 0 N–H and O–H groups in total. The predicted molar refractivity (Wildman–Crippen MR) is 119 cm³/mol. The van der Waals surface area contributed by atoms with Crippen molar-refractivity contribution in [3.8, 4) is 5.75 Å². The molecule has 11 heteroatoms. The highest BCUT2D eigenvalue weighted by atomic mass is 32.2. The quantitative estimate of drug-likeness (QED) is 0.302. The summed E-state index contributed by atoms with van der Waals surface area (Å²) < 4.78 is 86.2. The van der Waals surface area contributed by atoms with Gasteiger partial charge in [0.05, 0.1) is 12.2 Å². The topological polar surface area (TPSA) is 72.9 Å². The molecular formula is C24H21F4NO5S. The van der Waals surface area contributed by atoms with Crippen LogP contribution in [-0.2, 0) is 27.6 Å². The Kier molecular flexibility index (Phi) is 8.13. The maximum Gasteiger partial charge on any atom is 0.416 e. The van der Waals surface area contributed by atoms with Crippen LogP contribution in [0.5, 0.6) is 5.75 Å². The first-order valence-corrected chi connectivity index (χ1v) is 11.6.